The van der Waals surface area contributed by atoms with Gasteiger partial charge in [-0.2, -0.15) is 0 Å². The first-order valence-corrected chi connectivity index (χ1v) is 11.3. The standard InChI is InChI=1S/C23H24ClF3N4O5/c1-29-20-19(21(33)31(29)9-11-34-12-10-32)30(14-15-5-7-16(24)8-6-15)22(28-20)35-17-3-2-4-18(13-17)36-23(25,26)27/h2-8,13,22,28,32H,9-12,14H2,1H3. The van der Waals surface area contributed by atoms with Gasteiger partial charge in [0.2, 0.25) is 0 Å². The topological polar surface area (TPSA) is 90.1 Å². The first-order chi connectivity index (χ1) is 17.2. The molecule has 2 N–H and O–H groups in total. The average Bonchev–Trinajstić information content (AvgIpc) is 3.27. The monoisotopic (exact) mass is 528 g/mol. The summed E-state index contributed by atoms with van der Waals surface area (Å²) >= 11 is 6.00. The van der Waals surface area contributed by atoms with Crippen LogP contribution in [0.15, 0.2) is 53.3 Å². The molecule has 194 valence electrons. The molecule has 1 atom stereocenters. The summed E-state index contributed by atoms with van der Waals surface area (Å²) in [7, 11) is 1.69. The van der Waals surface area contributed by atoms with Crippen molar-refractivity contribution in [2.75, 3.05) is 30.0 Å². The van der Waals surface area contributed by atoms with E-state index in [2.05, 4.69) is 10.1 Å². The lowest BCUT2D eigenvalue weighted by molar-refractivity contribution is -0.274. The summed E-state index contributed by atoms with van der Waals surface area (Å²) in [5, 5.41) is 12.6. The van der Waals surface area contributed by atoms with Gasteiger partial charge < -0.3 is 29.5 Å². The van der Waals surface area contributed by atoms with Crippen molar-refractivity contribution in [3.05, 3.63) is 69.5 Å². The lowest BCUT2D eigenvalue weighted by atomic mass is 10.2. The van der Waals surface area contributed by atoms with E-state index in [1.54, 1.807) is 40.9 Å². The maximum absolute atomic E-state index is 13.3. The summed E-state index contributed by atoms with van der Waals surface area (Å²) in [4.78, 5) is 15.0. The third-order valence-corrected chi connectivity index (χ3v) is 5.67. The highest BCUT2D eigenvalue weighted by atomic mass is 35.5. The van der Waals surface area contributed by atoms with Gasteiger partial charge in [0.25, 0.3) is 11.9 Å². The number of ether oxygens (including phenoxy) is 3. The summed E-state index contributed by atoms with van der Waals surface area (Å²) < 4.78 is 56.3. The van der Waals surface area contributed by atoms with Crippen LogP contribution in [0.1, 0.15) is 5.56 Å². The van der Waals surface area contributed by atoms with Crippen molar-refractivity contribution < 1.29 is 32.5 Å². The van der Waals surface area contributed by atoms with E-state index in [-0.39, 0.29) is 44.2 Å². The lowest BCUT2D eigenvalue weighted by Crippen LogP contribution is -2.43. The SMILES string of the molecule is Cn1c2c(c(=O)n1CCOCCO)N(Cc1ccc(Cl)cc1)C(Oc1cccc(OC(F)(F)F)c1)N2. The molecular weight excluding hydrogens is 505 g/mol. The Balaban J connectivity index is 1.62. The smallest absolute Gasteiger partial charge is 0.452 e. The van der Waals surface area contributed by atoms with Crippen LogP contribution in [0.3, 0.4) is 0 Å². The van der Waals surface area contributed by atoms with Gasteiger partial charge >= 0.3 is 6.36 Å². The molecule has 2 heterocycles. The molecule has 1 aliphatic rings. The van der Waals surface area contributed by atoms with Crippen LogP contribution in [0.5, 0.6) is 11.5 Å². The van der Waals surface area contributed by atoms with Crippen LogP contribution in [0.2, 0.25) is 5.02 Å². The molecule has 0 fully saturated rings. The van der Waals surface area contributed by atoms with E-state index in [0.717, 1.165) is 11.6 Å². The zero-order valence-corrected chi connectivity index (χ0v) is 19.9. The molecule has 0 amide bonds. The fraction of sp³-hybridized carbons (Fsp3) is 0.348. The highest BCUT2D eigenvalue weighted by Gasteiger charge is 2.37. The van der Waals surface area contributed by atoms with E-state index >= 15 is 0 Å². The van der Waals surface area contributed by atoms with Gasteiger partial charge in [0.15, 0.2) is 11.5 Å². The largest absolute Gasteiger partial charge is 0.573 e. The number of hydrogen-bond donors (Lipinski definition) is 2. The minimum atomic E-state index is -4.84. The van der Waals surface area contributed by atoms with E-state index in [4.69, 9.17) is 26.2 Å². The van der Waals surface area contributed by atoms with Crippen molar-refractivity contribution in [1.82, 2.24) is 9.36 Å². The highest BCUT2D eigenvalue weighted by Crippen LogP contribution is 2.35. The summed E-state index contributed by atoms with van der Waals surface area (Å²) in [6, 6.07) is 12.2. The fourth-order valence-corrected chi connectivity index (χ4v) is 3.98. The van der Waals surface area contributed by atoms with Crippen molar-refractivity contribution in [3.63, 3.8) is 0 Å². The number of fused-ring (bicyclic) bond motifs is 1. The normalized spacial score (nSPS) is 15.1. The Labute approximate surface area is 209 Å². The molecule has 2 aromatic carbocycles. The Morgan fingerprint density at radius 1 is 1.11 bits per heavy atom. The fourth-order valence-electron chi connectivity index (χ4n) is 3.85. The summed E-state index contributed by atoms with van der Waals surface area (Å²) in [5.41, 5.74) is 0.863. The van der Waals surface area contributed by atoms with Gasteiger partial charge in [-0.3, -0.25) is 9.48 Å². The van der Waals surface area contributed by atoms with E-state index in [1.165, 1.54) is 22.9 Å². The number of nitrogens with zero attached hydrogens (tertiary/aromatic N) is 3. The maximum Gasteiger partial charge on any atom is 0.573 e. The molecule has 0 aliphatic carbocycles. The quantitative estimate of drug-likeness (QED) is 0.389. The number of benzene rings is 2. The molecule has 3 aromatic rings. The zero-order valence-electron chi connectivity index (χ0n) is 19.2. The van der Waals surface area contributed by atoms with Gasteiger partial charge in [0.05, 0.1) is 26.4 Å². The molecule has 0 saturated heterocycles. The van der Waals surface area contributed by atoms with E-state index in [1.807, 2.05) is 0 Å². The second-order valence-electron chi connectivity index (χ2n) is 7.88. The first kappa shape index (κ1) is 25.7. The molecule has 0 saturated carbocycles. The molecule has 1 aliphatic heterocycles. The highest BCUT2D eigenvalue weighted by molar-refractivity contribution is 6.30. The molecular formula is C23H24ClF3N4O5. The van der Waals surface area contributed by atoms with Crippen molar-refractivity contribution in [3.8, 4) is 11.5 Å². The van der Waals surface area contributed by atoms with Crippen LogP contribution in [0.25, 0.3) is 0 Å². The molecule has 4 rings (SSSR count). The molecule has 0 spiro atoms. The van der Waals surface area contributed by atoms with Crippen LogP contribution >= 0.6 is 11.6 Å². The lowest BCUT2D eigenvalue weighted by Gasteiger charge is -2.27. The minimum absolute atomic E-state index is 0.112. The Morgan fingerprint density at radius 3 is 2.53 bits per heavy atom. The van der Waals surface area contributed by atoms with Crippen LogP contribution in [0.4, 0.5) is 24.7 Å². The van der Waals surface area contributed by atoms with Crippen molar-refractivity contribution in [2.45, 2.75) is 25.8 Å². The predicted octanol–water partition coefficient (Wildman–Crippen LogP) is 3.54. The number of alkyl halides is 3. The van der Waals surface area contributed by atoms with Crippen molar-refractivity contribution in [2.24, 2.45) is 7.05 Å². The number of anilines is 2. The van der Waals surface area contributed by atoms with Gasteiger partial charge in [0.1, 0.15) is 11.5 Å². The van der Waals surface area contributed by atoms with Crippen molar-refractivity contribution in [1.29, 1.82) is 0 Å². The molecule has 9 nitrogen and oxygen atoms in total. The Hall–Kier alpha value is -3.35. The van der Waals surface area contributed by atoms with Crippen LogP contribution in [-0.4, -0.2) is 47.0 Å². The number of nitrogens with one attached hydrogen (secondary N) is 1. The zero-order chi connectivity index (χ0) is 25.9. The summed E-state index contributed by atoms with van der Waals surface area (Å²) in [5.74, 6) is 0.162. The third-order valence-electron chi connectivity index (χ3n) is 5.41. The number of aliphatic hydroxyl groups excluding tert-OH is 1. The number of aliphatic hydroxyl groups is 1. The van der Waals surface area contributed by atoms with Crippen LogP contribution in [0, 0.1) is 0 Å². The van der Waals surface area contributed by atoms with E-state index in [9.17, 15) is 18.0 Å². The second-order valence-corrected chi connectivity index (χ2v) is 8.31. The Kier molecular flexibility index (Phi) is 7.67. The first-order valence-electron chi connectivity index (χ1n) is 10.9. The second kappa shape index (κ2) is 10.7. The van der Waals surface area contributed by atoms with Gasteiger partial charge in [-0.15, -0.1) is 13.2 Å². The minimum Gasteiger partial charge on any atom is -0.452 e. The number of halogens is 4. The summed E-state index contributed by atoms with van der Waals surface area (Å²) in [6.45, 7) is 0.762. The number of hydrogen-bond acceptors (Lipinski definition) is 7. The van der Waals surface area contributed by atoms with E-state index < -0.39 is 18.5 Å². The number of rotatable bonds is 10. The van der Waals surface area contributed by atoms with Gasteiger partial charge in [-0.05, 0) is 29.8 Å². The molecule has 0 radical (unpaired) electrons. The molecule has 0 bridgehead atoms. The Morgan fingerprint density at radius 2 is 1.83 bits per heavy atom. The van der Waals surface area contributed by atoms with Gasteiger partial charge in [0, 0.05) is 24.7 Å². The molecule has 36 heavy (non-hydrogen) atoms. The van der Waals surface area contributed by atoms with Crippen LogP contribution in [-0.2, 0) is 24.9 Å². The predicted molar refractivity (Wildman–Crippen MR) is 126 cm³/mol. The van der Waals surface area contributed by atoms with Gasteiger partial charge in [-0.25, -0.2) is 4.68 Å². The Bertz CT molecular complexity index is 1250. The third kappa shape index (κ3) is 5.89. The van der Waals surface area contributed by atoms with Crippen LogP contribution < -0.4 is 25.2 Å². The maximum atomic E-state index is 13.3. The molecule has 13 heteroatoms. The van der Waals surface area contributed by atoms with Gasteiger partial charge in [-0.1, -0.05) is 29.8 Å². The van der Waals surface area contributed by atoms with E-state index in [0.29, 0.717) is 16.5 Å². The molecule has 1 unspecified atom stereocenters. The summed E-state index contributed by atoms with van der Waals surface area (Å²) in [6.07, 6.45) is -5.74. The average molecular weight is 529 g/mol. The van der Waals surface area contributed by atoms with Crippen molar-refractivity contribution >= 4 is 23.1 Å². The number of aromatic nitrogens is 2. The molecule has 1 aromatic heterocycles.